The van der Waals surface area contributed by atoms with Crippen molar-refractivity contribution in [2.45, 2.75) is 45.1 Å². The summed E-state index contributed by atoms with van der Waals surface area (Å²) in [5.41, 5.74) is 2.85. The number of hydrogen-bond acceptors (Lipinski definition) is 6. The summed E-state index contributed by atoms with van der Waals surface area (Å²) in [6, 6.07) is 10.1. The van der Waals surface area contributed by atoms with Crippen molar-refractivity contribution in [1.82, 2.24) is 10.1 Å². The van der Waals surface area contributed by atoms with Crippen LogP contribution in [0.15, 0.2) is 40.2 Å². The highest BCUT2D eigenvalue weighted by Gasteiger charge is 2.47. The van der Waals surface area contributed by atoms with Crippen LogP contribution >= 0.6 is 11.3 Å². The number of hydrogen-bond donors (Lipinski definition) is 0. The van der Waals surface area contributed by atoms with E-state index in [1.165, 1.54) is 11.3 Å². The normalized spacial score (nSPS) is 15.5. The molecule has 26 heavy (non-hydrogen) atoms. The van der Waals surface area contributed by atoms with Gasteiger partial charge in [-0.05, 0) is 43.7 Å². The molecular weight excluding hydrogens is 348 g/mol. The molecule has 4 rings (SSSR count). The maximum atomic E-state index is 12.9. The fraction of sp³-hybridized carbons (Fsp3) is 0.350. The van der Waals surface area contributed by atoms with Gasteiger partial charge in [-0.1, -0.05) is 47.0 Å². The Morgan fingerprint density at radius 3 is 2.65 bits per heavy atom. The van der Waals surface area contributed by atoms with Crippen molar-refractivity contribution in [3.8, 4) is 10.8 Å². The van der Waals surface area contributed by atoms with Gasteiger partial charge in [0.1, 0.15) is 0 Å². The molecule has 2 aromatic heterocycles. The van der Waals surface area contributed by atoms with E-state index in [1.807, 2.05) is 17.5 Å². The number of esters is 1. The molecule has 3 aromatic rings. The second-order valence-corrected chi connectivity index (χ2v) is 7.83. The third-order valence-corrected chi connectivity index (χ3v) is 5.76. The lowest BCUT2D eigenvalue weighted by molar-refractivity contribution is -0.156. The van der Waals surface area contributed by atoms with Gasteiger partial charge in [-0.3, -0.25) is 4.79 Å². The number of rotatable bonds is 5. The molecule has 1 saturated carbocycles. The molecule has 0 bridgehead atoms. The Labute approximate surface area is 156 Å². The van der Waals surface area contributed by atoms with Gasteiger partial charge < -0.3 is 9.26 Å². The van der Waals surface area contributed by atoms with Gasteiger partial charge >= 0.3 is 5.97 Å². The van der Waals surface area contributed by atoms with Crippen LogP contribution in [-0.4, -0.2) is 16.1 Å². The Morgan fingerprint density at radius 2 is 2.04 bits per heavy atom. The SMILES string of the molecule is Cc1cc(C)cc(C2(C(=O)OCc3noc(-c4cccs4)n3)CCC2)c1. The average Bonchev–Trinajstić information content (AvgIpc) is 3.22. The van der Waals surface area contributed by atoms with Crippen LogP contribution in [0.2, 0.25) is 0 Å². The van der Waals surface area contributed by atoms with Crippen LogP contribution in [0.4, 0.5) is 0 Å². The first-order chi connectivity index (χ1) is 12.6. The van der Waals surface area contributed by atoms with Gasteiger partial charge in [0, 0.05) is 0 Å². The molecule has 0 spiro atoms. The van der Waals surface area contributed by atoms with Crippen molar-refractivity contribution < 1.29 is 14.1 Å². The fourth-order valence-electron chi connectivity index (χ4n) is 3.47. The molecule has 0 atom stereocenters. The van der Waals surface area contributed by atoms with E-state index in [-0.39, 0.29) is 12.6 Å². The Morgan fingerprint density at radius 1 is 1.27 bits per heavy atom. The summed E-state index contributed by atoms with van der Waals surface area (Å²) >= 11 is 1.53. The topological polar surface area (TPSA) is 65.2 Å². The van der Waals surface area contributed by atoms with Gasteiger partial charge in [0.25, 0.3) is 5.89 Å². The van der Waals surface area contributed by atoms with Gasteiger partial charge in [-0.15, -0.1) is 11.3 Å². The van der Waals surface area contributed by atoms with Crippen LogP contribution in [0.5, 0.6) is 0 Å². The van der Waals surface area contributed by atoms with Crippen LogP contribution in [-0.2, 0) is 21.6 Å². The summed E-state index contributed by atoms with van der Waals surface area (Å²) in [6.45, 7) is 4.14. The van der Waals surface area contributed by atoms with E-state index in [0.717, 1.165) is 40.8 Å². The molecule has 0 radical (unpaired) electrons. The molecule has 1 aliphatic rings. The Bertz CT molecular complexity index is 906. The molecule has 1 aliphatic carbocycles. The Hall–Kier alpha value is -2.47. The molecule has 1 fully saturated rings. The third kappa shape index (κ3) is 3.05. The number of carbonyl (C=O) groups is 1. The van der Waals surface area contributed by atoms with Crippen molar-refractivity contribution in [3.63, 3.8) is 0 Å². The highest BCUT2D eigenvalue weighted by atomic mass is 32.1. The number of benzene rings is 1. The monoisotopic (exact) mass is 368 g/mol. The van der Waals surface area contributed by atoms with Crippen molar-refractivity contribution in [1.29, 1.82) is 0 Å². The van der Waals surface area contributed by atoms with E-state index >= 15 is 0 Å². The average molecular weight is 368 g/mol. The minimum atomic E-state index is -0.531. The maximum Gasteiger partial charge on any atom is 0.317 e. The van der Waals surface area contributed by atoms with E-state index in [4.69, 9.17) is 9.26 Å². The van der Waals surface area contributed by atoms with Gasteiger partial charge in [-0.2, -0.15) is 4.98 Å². The van der Waals surface area contributed by atoms with Gasteiger partial charge in [0.15, 0.2) is 6.61 Å². The quantitative estimate of drug-likeness (QED) is 0.617. The predicted molar refractivity (Wildman–Crippen MR) is 98.9 cm³/mol. The summed E-state index contributed by atoms with van der Waals surface area (Å²) in [5, 5.41) is 5.86. The van der Waals surface area contributed by atoms with Crippen molar-refractivity contribution in [2.75, 3.05) is 0 Å². The zero-order valence-corrected chi connectivity index (χ0v) is 15.6. The maximum absolute atomic E-state index is 12.9. The van der Waals surface area contributed by atoms with Gasteiger partial charge in [0.2, 0.25) is 5.82 Å². The zero-order chi connectivity index (χ0) is 18.1. The molecule has 1 aromatic carbocycles. The first-order valence-electron chi connectivity index (χ1n) is 8.69. The van der Waals surface area contributed by atoms with Crippen LogP contribution < -0.4 is 0 Å². The zero-order valence-electron chi connectivity index (χ0n) is 14.8. The van der Waals surface area contributed by atoms with Gasteiger partial charge in [-0.25, -0.2) is 0 Å². The number of ether oxygens (including phenoxy) is 1. The Kier molecular flexibility index (Phi) is 4.36. The molecule has 6 heteroatoms. The van der Waals surface area contributed by atoms with E-state index in [2.05, 4.69) is 42.2 Å². The van der Waals surface area contributed by atoms with Crippen LogP contribution in [0.1, 0.15) is 41.8 Å². The number of aryl methyl sites for hydroxylation is 2. The molecular formula is C20H20N2O3S. The molecule has 5 nitrogen and oxygen atoms in total. The summed E-state index contributed by atoms with van der Waals surface area (Å²) in [5.74, 6) is 0.645. The lowest BCUT2D eigenvalue weighted by Gasteiger charge is -2.40. The lowest BCUT2D eigenvalue weighted by atomic mass is 9.64. The molecule has 0 amide bonds. The highest BCUT2D eigenvalue weighted by molar-refractivity contribution is 7.13. The minimum absolute atomic E-state index is 0.0280. The highest BCUT2D eigenvalue weighted by Crippen LogP contribution is 2.45. The second kappa shape index (κ2) is 6.68. The van der Waals surface area contributed by atoms with Crippen LogP contribution in [0, 0.1) is 13.8 Å². The molecule has 0 aliphatic heterocycles. The third-order valence-electron chi connectivity index (χ3n) is 4.90. The van der Waals surface area contributed by atoms with Crippen molar-refractivity contribution in [2.24, 2.45) is 0 Å². The smallest absolute Gasteiger partial charge is 0.317 e. The van der Waals surface area contributed by atoms with Crippen molar-refractivity contribution in [3.05, 3.63) is 58.2 Å². The first kappa shape index (κ1) is 17.0. The first-order valence-corrected chi connectivity index (χ1v) is 9.57. The van der Waals surface area contributed by atoms with E-state index in [9.17, 15) is 4.79 Å². The molecule has 2 heterocycles. The van der Waals surface area contributed by atoms with E-state index < -0.39 is 5.41 Å². The fourth-order valence-corrected chi connectivity index (χ4v) is 4.12. The summed E-state index contributed by atoms with van der Waals surface area (Å²) < 4.78 is 10.8. The number of aromatic nitrogens is 2. The van der Waals surface area contributed by atoms with Gasteiger partial charge in [0.05, 0.1) is 10.3 Å². The lowest BCUT2D eigenvalue weighted by Crippen LogP contribution is -2.43. The Balaban J connectivity index is 1.48. The molecule has 134 valence electrons. The van der Waals surface area contributed by atoms with Crippen molar-refractivity contribution >= 4 is 17.3 Å². The molecule has 0 N–H and O–H groups in total. The minimum Gasteiger partial charge on any atom is -0.457 e. The van der Waals surface area contributed by atoms with E-state index in [1.54, 1.807) is 0 Å². The summed E-state index contributed by atoms with van der Waals surface area (Å²) in [4.78, 5) is 18.1. The largest absolute Gasteiger partial charge is 0.457 e. The molecule has 0 saturated heterocycles. The van der Waals surface area contributed by atoms with E-state index in [0.29, 0.717) is 11.7 Å². The number of thiophene rings is 1. The predicted octanol–water partition coefficient (Wildman–Crippen LogP) is 4.58. The standard InChI is InChI=1S/C20H20N2O3S/c1-13-9-14(2)11-15(10-13)20(6-4-7-20)19(23)24-12-17-21-18(25-22-17)16-5-3-8-26-16/h3,5,8-11H,4,6-7,12H2,1-2H3. The summed E-state index contributed by atoms with van der Waals surface area (Å²) in [7, 11) is 0. The second-order valence-electron chi connectivity index (χ2n) is 6.88. The number of carbonyl (C=O) groups excluding carboxylic acids is 1. The van der Waals surface area contributed by atoms with Crippen LogP contribution in [0.3, 0.4) is 0 Å². The number of nitrogens with zero attached hydrogens (tertiary/aromatic N) is 2. The summed E-state index contributed by atoms with van der Waals surface area (Å²) in [6.07, 6.45) is 2.68. The van der Waals surface area contributed by atoms with Crippen LogP contribution in [0.25, 0.3) is 10.8 Å². The molecule has 0 unspecified atom stereocenters.